The topological polar surface area (TPSA) is 12.9 Å². The van der Waals surface area contributed by atoms with Crippen molar-refractivity contribution in [3.05, 3.63) is 38.4 Å². The lowest BCUT2D eigenvalue weighted by molar-refractivity contribution is 0.340. The van der Waals surface area contributed by atoms with Crippen LogP contribution in [-0.2, 0) is 12.8 Å². The molecular weight excluding hydrogens is 366 g/mol. The van der Waals surface area contributed by atoms with Crippen molar-refractivity contribution in [1.29, 1.82) is 0 Å². The molecule has 3 rings (SSSR count). The summed E-state index contributed by atoms with van der Waals surface area (Å²) < 4.78 is 2.18. The molecule has 1 aliphatic carbocycles. The molecular formula is C16H17Br2N. The predicted molar refractivity (Wildman–Crippen MR) is 87.5 cm³/mol. The Labute approximate surface area is 131 Å². The minimum absolute atomic E-state index is 0.762. The van der Waals surface area contributed by atoms with E-state index >= 15 is 0 Å². The summed E-state index contributed by atoms with van der Waals surface area (Å²) in [5.74, 6) is 1.57. The monoisotopic (exact) mass is 381 g/mol. The van der Waals surface area contributed by atoms with Crippen molar-refractivity contribution >= 4 is 42.8 Å². The first-order chi connectivity index (χ1) is 9.04. The maximum Gasteiger partial charge on any atom is 0.0848 e. The van der Waals surface area contributed by atoms with Crippen molar-refractivity contribution in [2.24, 2.45) is 11.8 Å². The first kappa shape index (κ1) is 13.6. The van der Waals surface area contributed by atoms with Crippen LogP contribution in [0.1, 0.15) is 31.5 Å². The molecule has 0 bridgehead atoms. The van der Waals surface area contributed by atoms with E-state index in [1.807, 2.05) is 0 Å². The van der Waals surface area contributed by atoms with E-state index in [9.17, 15) is 0 Å². The minimum atomic E-state index is 0.762. The summed E-state index contributed by atoms with van der Waals surface area (Å²) in [6.07, 6.45) is 3.58. The molecule has 0 unspecified atom stereocenters. The van der Waals surface area contributed by atoms with Gasteiger partial charge in [0.1, 0.15) is 0 Å². The van der Waals surface area contributed by atoms with E-state index in [2.05, 4.69) is 63.9 Å². The quantitative estimate of drug-likeness (QED) is 0.632. The number of hydrogen-bond donors (Lipinski definition) is 0. The Balaban J connectivity index is 2.11. The normalized spacial score (nSPS) is 18.9. The third-order valence-electron chi connectivity index (χ3n) is 4.18. The van der Waals surface area contributed by atoms with Gasteiger partial charge < -0.3 is 0 Å². The van der Waals surface area contributed by atoms with Crippen molar-refractivity contribution in [2.45, 2.75) is 33.1 Å². The summed E-state index contributed by atoms with van der Waals surface area (Å²) >= 11 is 7.17. The number of fused-ring (bicyclic) bond motifs is 2. The van der Waals surface area contributed by atoms with Crippen LogP contribution < -0.4 is 0 Å². The Bertz CT molecular complexity index is 634. The highest BCUT2D eigenvalue weighted by molar-refractivity contribution is 9.11. The molecule has 1 aromatic heterocycles. The number of hydrogen-bond acceptors (Lipinski definition) is 1. The van der Waals surface area contributed by atoms with Crippen LogP contribution in [0.15, 0.2) is 27.1 Å². The molecule has 0 aliphatic heterocycles. The van der Waals surface area contributed by atoms with Crippen LogP contribution in [0.2, 0.25) is 0 Å². The van der Waals surface area contributed by atoms with Gasteiger partial charge in [0.2, 0.25) is 0 Å². The number of aryl methyl sites for hydroxylation is 1. The van der Waals surface area contributed by atoms with Gasteiger partial charge in [0.25, 0.3) is 0 Å². The second-order valence-electron chi connectivity index (χ2n) is 5.80. The van der Waals surface area contributed by atoms with Gasteiger partial charge in [0, 0.05) is 20.0 Å². The van der Waals surface area contributed by atoms with Crippen LogP contribution in [0.25, 0.3) is 10.9 Å². The van der Waals surface area contributed by atoms with Gasteiger partial charge in [-0.2, -0.15) is 0 Å². The van der Waals surface area contributed by atoms with E-state index in [0.29, 0.717) is 0 Å². The highest BCUT2D eigenvalue weighted by atomic mass is 79.9. The van der Waals surface area contributed by atoms with E-state index in [0.717, 1.165) is 32.7 Å². The van der Waals surface area contributed by atoms with Crippen molar-refractivity contribution in [1.82, 2.24) is 4.98 Å². The highest BCUT2D eigenvalue weighted by Crippen LogP contribution is 2.34. The van der Waals surface area contributed by atoms with Crippen molar-refractivity contribution in [2.75, 3.05) is 0 Å². The molecule has 3 heteroatoms. The molecule has 0 N–H and O–H groups in total. The van der Waals surface area contributed by atoms with Crippen molar-refractivity contribution < 1.29 is 0 Å². The minimum Gasteiger partial charge on any atom is -0.251 e. The van der Waals surface area contributed by atoms with E-state index in [4.69, 9.17) is 4.98 Å². The lowest BCUT2D eigenvalue weighted by atomic mass is 9.80. The highest BCUT2D eigenvalue weighted by Gasteiger charge is 2.22. The lowest BCUT2D eigenvalue weighted by Crippen LogP contribution is -2.20. The van der Waals surface area contributed by atoms with Crippen LogP contribution in [0.4, 0.5) is 0 Å². The molecule has 0 saturated carbocycles. The fourth-order valence-corrected chi connectivity index (χ4v) is 4.31. The number of halogens is 2. The molecule has 1 aliphatic rings. The fourth-order valence-electron chi connectivity index (χ4n) is 2.96. The standard InChI is InChI=1S/C16H17Br2N/c1-9(2)10-3-4-15-11(5-10)6-12-7-13(17)8-14(18)16(12)19-15/h6-10H,3-5H2,1-2H3/t10-/m0/s1. The van der Waals surface area contributed by atoms with Gasteiger partial charge in [-0.3, -0.25) is 4.98 Å². The van der Waals surface area contributed by atoms with E-state index in [1.165, 1.54) is 29.5 Å². The summed E-state index contributed by atoms with van der Waals surface area (Å²) in [6.45, 7) is 4.66. The second kappa shape index (κ2) is 5.17. The average molecular weight is 383 g/mol. The lowest BCUT2D eigenvalue weighted by Gasteiger charge is -2.27. The molecule has 0 fully saturated rings. The zero-order valence-electron chi connectivity index (χ0n) is 11.2. The number of nitrogens with zero attached hydrogens (tertiary/aromatic N) is 1. The Kier molecular flexibility index (Phi) is 3.69. The smallest absolute Gasteiger partial charge is 0.0848 e. The number of rotatable bonds is 1. The van der Waals surface area contributed by atoms with E-state index in [1.54, 1.807) is 0 Å². The molecule has 1 nitrogen and oxygen atoms in total. The first-order valence-electron chi connectivity index (χ1n) is 6.82. The van der Waals surface area contributed by atoms with Gasteiger partial charge in [-0.1, -0.05) is 29.8 Å². The van der Waals surface area contributed by atoms with Crippen LogP contribution in [0, 0.1) is 11.8 Å². The fraction of sp³-hybridized carbons (Fsp3) is 0.438. The Morgan fingerprint density at radius 3 is 2.74 bits per heavy atom. The first-order valence-corrected chi connectivity index (χ1v) is 8.40. The van der Waals surface area contributed by atoms with Crippen LogP contribution >= 0.6 is 31.9 Å². The third-order valence-corrected chi connectivity index (χ3v) is 5.24. The van der Waals surface area contributed by atoms with Crippen molar-refractivity contribution in [3.63, 3.8) is 0 Å². The molecule has 0 radical (unpaired) electrons. The summed E-state index contributed by atoms with van der Waals surface area (Å²) in [7, 11) is 0. The van der Waals surface area contributed by atoms with Crippen LogP contribution in [0.3, 0.4) is 0 Å². The Morgan fingerprint density at radius 2 is 2.00 bits per heavy atom. The van der Waals surface area contributed by atoms with Gasteiger partial charge >= 0.3 is 0 Å². The predicted octanol–water partition coefficient (Wildman–Crippen LogP) is 5.52. The summed E-state index contributed by atoms with van der Waals surface area (Å²) in [5, 5.41) is 1.23. The molecule has 2 aromatic rings. The van der Waals surface area contributed by atoms with Gasteiger partial charge in [-0.25, -0.2) is 0 Å². The number of pyridine rings is 1. The van der Waals surface area contributed by atoms with Gasteiger partial charge in [0.05, 0.1) is 5.52 Å². The Hall–Kier alpha value is -0.410. The van der Waals surface area contributed by atoms with Gasteiger partial charge in [0.15, 0.2) is 0 Å². The molecule has 1 heterocycles. The molecule has 100 valence electrons. The number of aromatic nitrogens is 1. The molecule has 0 amide bonds. The Morgan fingerprint density at radius 1 is 1.21 bits per heavy atom. The summed E-state index contributed by atoms with van der Waals surface area (Å²) in [5.41, 5.74) is 3.83. The molecule has 1 aromatic carbocycles. The summed E-state index contributed by atoms with van der Waals surface area (Å²) in [6, 6.07) is 6.57. The van der Waals surface area contributed by atoms with Crippen LogP contribution in [-0.4, -0.2) is 4.98 Å². The van der Waals surface area contributed by atoms with Gasteiger partial charge in [-0.05, 0) is 70.8 Å². The van der Waals surface area contributed by atoms with Crippen molar-refractivity contribution in [3.8, 4) is 0 Å². The third kappa shape index (κ3) is 2.59. The van der Waals surface area contributed by atoms with E-state index in [-0.39, 0.29) is 0 Å². The maximum absolute atomic E-state index is 4.88. The second-order valence-corrected chi connectivity index (χ2v) is 7.57. The largest absolute Gasteiger partial charge is 0.251 e. The molecule has 19 heavy (non-hydrogen) atoms. The summed E-state index contributed by atoms with van der Waals surface area (Å²) in [4.78, 5) is 4.88. The molecule has 1 atom stereocenters. The molecule has 0 spiro atoms. The van der Waals surface area contributed by atoms with Crippen LogP contribution in [0.5, 0.6) is 0 Å². The zero-order valence-corrected chi connectivity index (χ0v) is 14.4. The number of benzene rings is 1. The molecule has 0 saturated heterocycles. The average Bonchev–Trinajstić information content (AvgIpc) is 2.35. The van der Waals surface area contributed by atoms with Gasteiger partial charge in [-0.15, -0.1) is 0 Å². The SMILES string of the molecule is CC(C)[C@H]1CCc2nc3c(Br)cc(Br)cc3cc2C1. The maximum atomic E-state index is 4.88. The zero-order chi connectivity index (χ0) is 13.6. The van der Waals surface area contributed by atoms with E-state index < -0.39 is 0 Å².